The first-order chi connectivity index (χ1) is 9.38. The number of rotatable bonds is 5. The molecule has 0 aliphatic heterocycles. The predicted molar refractivity (Wildman–Crippen MR) is 65.7 cm³/mol. The fraction of sp³-hybridized carbons (Fsp3) is 0.385. The summed E-state index contributed by atoms with van der Waals surface area (Å²) < 4.78 is 37.5. The van der Waals surface area contributed by atoms with Gasteiger partial charge in [0.15, 0.2) is 0 Å². The molecule has 0 atom stereocenters. The van der Waals surface area contributed by atoms with Gasteiger partial charge >= 0.3 is 6.18 Å². The molecule has 1 rings (SSSR count). The van der Waals surface area contributed by atoms with E-state index >= 15 is 0 Å². The van der Waals surface area contributed by atoms with Crippen LogP contribution in [0.2, 0.25) is 0 Å². The highest BCUT2D eigenvalue weighted by Gasteiger charge is 2.31. The molecule has 0 unspecified atom stereocenters. The van der Waals surface area contributed by atoms with Gasteiger partial charge in [-0.3, -0.25) is 4.79 Å². The maximum atomic E-state index is 12.5. The Balaban J connectivity index is 2.81. The monoisotopic (exact) mass is 286 g/mol. The number of benzene rings is 1. The van der Waals surface area contributed by atoms with Crippen molar-refractivity contribution in [3.8, 4) is 6.07 Å². The number of anilines is 1. The van der Waals surface area contributed by atoms with Crippen LogP contribution in [0.1, 0.15) is 30.4 Å². The highest BCUT2D eigenvalue weighted by Crippen LogP contribution is 2.31. The summed E-state index contributed by atoms with van der Waals surface area (Å²) >= 11 is 0. The molecule has 4 nitrogen and oxygen atoms in total. The highest BCUT2D eigenvalue weighted by molar-refractivity contribution is 5.92. The standard InChI is InChI=1S/C13H13F3N2O2/c14-13(15,16)10-4-5-11(9(7-10)8-17)18-12(20)3-1-2-6-19/h4-5,7,19H,1-3,6H2,(H,18,20). The van der Waals surface area contributed by atoms with Crippen LogP contribution in [0.3, 0.4) is 0 Å². The summed E-state index contributed by atoms with van der Waals surface area (Å²) in [7, 11) is 0. The molecule has 1 aromatic rings. The van der Waals surface area contributed by atoms with Gasteiger partial charge in [-0.05, 0) is 31.0 Å². The number of carbonyl (C=O) groups is 1. The molecule has 0 spiro atoms. The van der Waals surface area contributed by atoms with E-state index in [-0.39, 0.29) is 24.3 Å². The molecular formula is C13H13F3N2O2. The third-order valence-electron chi connectivity index (χ3n) is 2.55. The topological polar surface area (TPSA) is 73.1 Å². The second kappa shape index (κ2) is 6.91. The molecule has 1 amide bonds. The number of unbranched alkanes of at least 4 members (excludes halogenated alkanes) is 1. The lowest BCUT2D eigenvalue weighted by molar-refractivity contribution is -0.137. The zero-order valence-electron chi connectivity index (χ0n) is 10.5. The van der Waals surface area contributed by atoms with Crippen LogP contribution in [-0.4, -0.2) is 17.6 Å². The number of aliphatic hydroxyl groups excluding tert-OH is 1. The average molecular weight is 286 g/mol. The Labute approximate surface area is 113 Å². The fourth-order valence-corrected chi connectivity index (χ4v) is 1.53. The van der Waals surface area contributed by atoms with Gasteiger partial charge in [0.25, 0.3) is 0 Å². The molecule has 0 radical (unpaired) electrons. The minimum Gasteiger partial charge on any atom is -0.396 e. The number of alkyl halides is 3. The molecule has 0 saturated heterocycles. The molecule has 7 heteroatoms. The van der Waals surface area contributed by atoms with E-state index in [0.717, 1.165) is 12.1 Å². The summed E-state index contributed by atoms with van der Waals surface area (Å²) in [5.41, 5.74) is -1.13. The van der Waals surface area contributed by atoms with Crippen molar-refractivity contribution in [3.05, 3.63) is 29.3 Å². The smallest absolute Gasteiger partial charge is 0.396 e. The van der Waals surface area contributed by atoms with Gasteiger partial charge in [0.2, 0.25) is 5.91 Å². The summed E-state index contributed by atoms with van der Waals surface area (Å²) in [6.45, 7) is -0.0307. The number of nitrogens with one attached hydrogen (secondary N) is 1. The minimum absolute atomic E-state index is 0.0307. The van der Waals surface area contributed by atoms with Crippen molar-refractivity contribution < 1.29 is 23.1 Å². The SMILES string of the molecule is N#Cc1cc(C(F)(F)F)ccc1NC(=O)CCCCO. The maximum absolute atomic E-state index is 12.5. The molecular weight excluding hydrogens is 273 g/mol. The van der Waals surface area contributed by atoms with Crippen LogP contribution in [0.25, 0.3) is 0 Å². The third kappa shape index (κ3) is 4.55. The second-order valence-corrected chi connectivity index (χ2v) is 4.10. The second-order valence-electron chi connectivity index (χ2n) is 4.10. The van der Waals surface area contributed by atoms with Gasteiger partial charge in [0.05, 0.1) is 16.8 Å². The van der Waals surface area contributed by atoms with Crippen LogP contribution >= 0.6 is 0 Å². The fourth-order valence-electron chi connectivity index (χ4n) is 1.53. The quantitative estimate of drug-likeness (QED) is 0.817. The number of hydrogen-bond acceptors (Lipinski definition) is 3. The molecule has 1 aromatic carbocycles. The third-order valence-corrected chi connectivity index (χ3v) is 2.55. The number of nitrogens with zero attached hydrogens (tertiary/aromatic N) is 1. The normalized spacial score (nSPS) is 10.9. The number of nitriles is 1. The summed E-state index contributed by atoms with van der Waals surface area (Å²) in [5.74, 6) is -0.408. The van der Waals surface area contributed by atoms with Gasteiger partial charge in [-0.15, -0.1) is 0 Å². The van der Waals surface area contributed by atoms with Crippen LogP contribution < -0.4 is 5.32 Å². The van der Waals surface area contributed by atoms with E-state index in [1.807, 2.05) is 0 Å². The van der Waals surface area contributed by atoms with Crippen molar-refractivity contribution in [2.24, 2.45) is 0 Å². The molecule has 108 valence electrons. The first kappa shape index (κ1) is 16.0. The van der Waals surface area contributed by atoms with Gasteiger partial charge in [-0.25, -0.2) is 0 Å². The van der Waals surface area contributed by atoms with Crippen molar-refractivity contribution in [1.82, 2.24) is 0 Å². The number of hydrogen-bond donors (Lipinski definition) is 2. The van der Waals surface area contributed by atoms with Crippen molar-refractivity contribution in [2.45, 2.75) is 25.4 Å². The van der Waals surface area contributed by atoms with E-state index in [1.54, 1.807) is 6.07 Å². The van der Waals surface area contributed by atoms with Crippen molar-refractivity contribution in [3.63, 3.8) is 0 Å². The Morgan fingerprint density at radius 1 is 1.35 bits per heavy atom. The summed E-state index contributed by atoms with van der Waals surface area (Å²) in [6, 6.07) is 4.19. The Bertz CT molecular complexity index is 521. The van der Waals surface area contributed by atoms with Gasteiger partial charge in [-0.1, -0.05) is 0 Å². The Morgan fingerprint density at radius 2 is 2.05 bits per heavy atom. The lowest BCUT2D eigenvalue weighted by atomic mass is 10.1. The van der Waals surface area contributed by atoms with Crippen LogP contribution in [0.5, 0.6) is 0 Å². The van der Waals surface area contributed by atoms with Gasteiger partial charge < -0.3 is 10.4 Å². The first-order valence-corrected chi connectivity index (χ1v) is 5.90. The van der Waals surface area contributed by atoms with Crippen LogP contribution in [0.15, 0.2) is 18.2 Å². The Morgan fingerprint density at radius 3 is 2.60 bits per heavy atom. The van der Waals surface area contributed by atoms with E-state index in [4.69, 9.17) is 10.4 Å². The zero-order valence-corrected chi connectivity index (χ0v) is 10.5. The van der Waals surface area contributed by atoms with Gasteiger partial charge in [0, 0.05) is 13.0 Å². The van der Waals surface area contributed by atoms with E-state index in [2.05, 4.69) is 5.32 Å². The number of halogens is 3. The average Bonchev–Trinajstić information content (AvgIpc) is 2.38. The Hall–Kier alpha value is -2.07. The number of amides is 1. The number of aliphatic hydroxyl groups is 1. The van der Waals surface area contributed by atoms with Crippen molar-refractivity contribution >= 4 is 11.6 Å². The number of carbonyl (C=O) groups excluding carboxylic acids is 1. The lowest BCUT2D eigenvalue weighted by Gasteiger charge is -2.10. The van der Waals surface area contributed by atoms with Crippen LogP contribution in [0, 0.1) is 11.3 Å². The molecule has 2 N–H and O–H groups in total. The van der Waals surface area contributed by atoms with E-state index < -0.39 is 17.6 Å². The van der Waals surface area contributed by atoms with E-state index in [9.17, 15) is 18.0 Å². The molecule has 0 saturated carbocycles. The maximum Gasteiger partial charge on any atom is 0.416 e. The van der Waals surface area contributed by atoms with Gasteiger partial charge in [0.1, 0.15) is 6.07 Å². The predicted octanol–water partition coefficient (Wildman–Crippen LogP) is 2.68. The highest BCUT2D eigenvalue weighted by atomic mass is 19.4. The van der Waals surface area contributed by atoms with E-state index in [0.29, 0.717) is 18.9 Å². The summed E-state index contributed by atoms with van der Waals surface area (Å²) in [6.07, 6.45) is -3.47. The molecule has 0 fully saturated rings. The summed E-state index contributed by atoms with van der Waals surface area (Å²) in [4.78, 5) is 11.5. The van der Waals surface area contributed by atoms with Gasteiger partial charge in [-0.2, -0.15) is 18.4 Å². The van der Waals surface area contributed by atoms with Crippen LogP contribution in [-0.2, 0) is 11.0 Å². The molecule has 20 heavy (non-hydrogen) atoms. The molecule has 0 aliphatic carbocycles. The Kier molecular flexibility index (Phi) is 5.53. The molecule has 0 heterocycles. The van der Waals surface area contributed by atoms with Crippen molar-refractivity contribution in [2.75, 3.05) is 11.9 Å². The molecule has 0 aromatic heterocycles. The van der Waals surface area contributed by atoms with Crippen LogP contribution in [0.4, 0.5) is 18.9 Å². The minimum atomic E-state index is -4.53. The largest absolute Gasteiger partial charge is 0.416 e. The lowest BCUT2D eigenvalue weighted by Crippen LogP contribution is -2.13. The molecule has 0 bridgehead atoms. The summed E-state index contributed by atoms with van der Waals surface area (Å²) in [5, 5.41) is 19.8. The van der Waals surface area contributed by atoms with E-state index in [1.165, 1.54) is 0 Å². The first-order valence-electron chi connectivity index (χ1n) is 5.90. The van der Waals surface area contributed by atoms with Crippen molar-refractivity contribution in [1.29, 1.82) is 5.26 Å². The zero-order chi connectivity index (χ0) is 15.2. The molecule has 0 aliphatic rings.